The lowest BCUT2D eigenvalue weighted by Crippen LogP contribution is -2.25. The maximum atomic E-state index is 10.1. The smallest absolute Gasteiger partial charge is 0.168 e. The Morgan fingerprint density at radius 3 is 0.184 bits per heavy atom. The molecule has 624 valence electrons. The molecule has 0 atom stereocenters. The van der Waals surface area contributed by atoms with E-state index in [0.717, 1.165) is 0 Å². The number of hydrogen-bond donors (Lipinski definition) is 0. The van der Waals surface area contributed by atoms with E-state index in [4.69, 9.17) is 86.1 Å². The van der Waals surface area contributed by atoms with Crippen LogP contribution in [0.4, 0.5) is 25.2 Å². The molecule has 12 rings (SSSR count). The van der Waals surface area contributed by atoms with Crippen molar-refractivity contribution in [2.24, 2.45) is 84.6 Å². The van der Waals surface area contributed by atoms with Crippen LogP contribution in [0.3, 0.4) is 0 Å². The summed E-state index contributed by atoms with van der Waals surface area (Å²) in [6.07, 6.45) is 48.0. The van der Waals surface area contributed by atoms with Gasteiger partial charge in [0.15, 0.2) is 149 Å². The van der Waals surface area contributed by atoms with Gasteiger partial charge in [0.05, 0.1) is 0 Å². The van der Waals surface area contributed by atoms with Crippen molar-refractivity contribution in [1.29, 1.82) is 0 Å². The van der Waals surface area contributed by atoms with Crippen molar-refractivity contribution in [3.63, 3.8) is 0 Å². The molecule has 0 bridgehead atoms. The highest BCUT2D eigenvalue weighted by Crippen LogP contribution is 2.24. The summed E-state index contributed by atoms with van der Waals surface area (Å²) in [5.41, 5.74) is 0. The van der Waals surface area contributed by atoms with Crippen LogP contribution < -0.4 is 114 Å². The Hall–Kier alpha value is -9.72. The predicted molar refractivity (Wildman–Crippen MR) is 384 cm³/mol. The van der Waals surface area contributed by atoms with Gasteiger partial charge >= 0.3 is 0 Å². The van der Waals surface area contributed by atoms with Gasteiger partial charge in [-0.1, -0.05) is 72.8 Å². The van der Waals surface area contributed by atoms with Crippen molar-refractivity contribution in [3.8, 4) is 0 Å². The third kappa shape index (κ3) is 141. The van der Waals surface area contributed by atoms with Crippen LogP contribution >= 0.6 is 47.4 Å². The molecular weight excluding hydrogens is 1620 g/mol. The molecule has 12 heterocycles. The van der Waals surface area contributed by atoms with E-state index < -0.39 is 47.4 Å². The lowest BCUT2D eigenvalue weighted by molar-refractivity contribution is -0.671. The largest absolute Gasteiger partial charge is 0.786 e. The van der Waals surface area contributed by atoms with Crippen molar-refractivity contribution >= 4 is 47.4 Å². The molecule has 0 aliphatic heterocycles. The molecule has 12 aromatic heterocycles. The predicted octanol–water partition coefficient (Wildman–Crippen LogP) is -1.16. The first-order valence-corrected chi connectivity index (χ1v) is 40.5. The maximum Gasteiger partial charge on any atom is 0.168 e. The van der Waals surface area contributed by atoms with E-state index >= 15 is 0 Å². The van der Waals surface area contributed by atoms with E-state index in [1.807, 2.05) is 506 Å². The second-order valence-corrected chi connectivity index (χ2v) is 26.2. The van der Waals surface area contributed by atoms with Gasteiger partial charge in [0, 0.05) is 146 Å². The Kier molecular flexibility index (Phi) is 73.0. The van der Waals surface area contributed by atoms with Crippen LogP contribution in [0.2, 0.25) is 0 Å². The van der Waals surface area contributed by atoms with Crippen molar-refractivity contribution in [2.45, 2.75) is 0 Å². The highest BCUT2D eigenvalue weighted by Gasteiger charge is 1.87. The van der Waals surface area contributed by atoms with Crippen molar-refractivity contribution < 1.29 is 166 Å². The minimum atomic E-state index is -5.64. The molecule has 0 saturated heterocycles. The summed E-state index contributed by atoms with van der Waals surface area (Å²) in [7, 11) is -9.83. The highest BCUT2D eigenvalue weighted by molar-refractivity contribution is 7.43. The van der Waals surface area contributed by atoms with Gasteiger partial charge in [-0.25, -0.2) is 80.0 Å². The van der Waals surface area contributed by atoms with Crippen LogP contribution in [-0.2, 0) is 112 Å². The van der Waals surface area contributed by atoms with Gasteiger partial charge in [-0.3, -0.25) is 0 Å². The number of aromatic nitrogens is 12. The highest BCUT2D eigenvalue weighted by atomic mass is 31.2. The molecule has 0 spiro atoms. The zero-order valence-corrected chi connectivity index (χ0v) is 69.7. The quantitative estimate of drug-likeness (QED) is 0.0982. The van der Waals surface area contributed by atoms with Gasteiger partial charge in [-0.05, 0) is 0 Å². The number of nitrogens with zero attached hydrogens (tertiary/aromatic N) is 12. The molecule has 12 aromatic rings. The van der Waals surface area contributed by atoms with Crippen molar-refractivity contribution in [1.82, 2.24) is 0 Å². The summed E-state index contributed by atoms with van der Waals surface area (Å²) in [6, 6.07) is 72.0. The van der Waals surface area contributed by atoms with Gasteiger partial charge in [0.2, 0.25) is 0 Å². The third-order valence-electron chi connectivity index (χ3n) is 10.4. The van der Waals surface area contributed by atoms with Gasteiger partial charge in [0.1, 0.15) is 132 Å². The molecule has 0 fully saturated rings. The molecule has 0 radical (unpaired) electrons. The first-order valence-electron chi connectivity index (χ1n) is 31.9. The van der Waals surface area contributed by atoms with Gasteiger partial charge in [-0.2, -0.15) is 0 Å². The van der Waals surface area contributed by atoms with E-state index in [2.05, 4.69) is 0 Å². The van der Waals surface area contributed by atoms with Crippen LogP contribution in [0.15, 0.2) is 367 Å². The van der Waals surface area contributed by atoms with Gasteiger partial charge < -0.3 is 86.1 Å². The molecule has 0 amide bonds. The Bertz CT molecular complexity index is 3410. The van der Waals surface area contributed by atoms with E-state index in [-0.39, 0.29) is 0 Å². The molecule has 42 heteroatoms. The molecule has 0 N–H and O–H groups in total. The number of halogens is 6. The van der Waals surface area contributed by atoms with Gasteiger partial charge in [-0.15, -0.1) is 0 Å². The van der Waals surface area contributed by atoms with E-state index in [1.54, 1.807) is 0 Å². The molecule has 0 saturated carbocycles. The molecule has 114 heavy (non-hydrogen) atoms. The van der Waals surface area contributed by atoms with Crippen LogP contribution in [-0.4, -0.2) is 0 Å². The number of pyridine rings is 12. The summed E-state index contributed by atoms with van der Waals surface area (Å²) >= 11 is 0. The summed E-state index contributed by atoms with van der Waals surface area (Å²) < 4.78 is 135. The molecule has 0 aliphatic rings. The molecule has 0 unspecified atom stereocenters. The van der Waals surface area contributed by atoms with Crippen LogP contribution in [0.25, 0.3) is 0 Å². The van der Waals surface area contributed by atoms with Crippen molar-refractivity contribution in [3.05, 3.63) is 367 Å². The Morgan fingerprint density at radius 1 is 0.132 bits per heavy atom. The SMILES string of the molecule is C[n+]1ccccc1.C[n+]1ccccc1.C[n+]1ccccc1.C[n+]1ccccc1.C[n+]1ccccc1.C[n+]1ccccc1.C[n+]1ccccc1.C[n+]1ccccc1.C[n+]1ccccc1.C[n+]1ccccc1.C[n+]1ccccc1.C[n+]1ccccc1.O=P([O-])([O-])F.O=P([O-])([O-])F.O=P([O-])([O-])F.O=P([O-])([O-])F.O=P([O-])([O-])F.O=P([O-])([O-])F. The Morgan fingerprint density at radius 2 is 0.167 bits per heavy atom. The van der Waals surface area contributed by atoms with Crippen LogP contribution in [0.5, 0.6) is 0 Å². The summed E-state index contributed by atoms with van der Waals surface area (Å²) in [4.78, 5) is 101. The second kappa shape index (κ2) is 72.3. The second-order valence-electron chi connectivity index (χ2n) is 21.1. The zero-order valence-electron chi connectivity index (χ0n) is 64.3. The minimum Gasteiger partial charge on any atom is -0.786 e. The fourth-order valence-corrected chi connectivity index (χ4v) is 5.82. The van der Waals surface area contributed by atoms with Crippen LogP contribution in [0.1, 0.15) is 0 Å². The first-order chi connectivity index (χ1) is 52.7. The summed E-state index contributed by atoms with van der Waals surface area (Å²) in [5.74, 6) is 0. The standard InChI is InChI=1S/12C6H8N.6FH2O3P/c12*1-7-5-3-2-4-6-7;6*1-5(2,3)4/h12*2-6H,1H3;6*(H2,2,3,4)/q12*+1;;;;;;/p-12. The third-order valence-corrected chi connectivity index (χ3v) is 10.4. The number of rotatable bonds is 0. The molecular formula is C72H96F6N12O18P6. The molecule has 0 aromatic carbocycles. The summed E-state index contributed by atoms with van der Waals surface area (Å²) in [5, 5.41) is 0. The molecule has 30 nitrogen and oxygen atoms in total. The Balaban J connectivity index is -0.000000271. The Labute approximate surface area is 662 Å². The fraction of sp³-hybridized carbons (Fsp3) is 0.167. The van der Waals surface area contributed by atoms with E-state index in [1.165, 1.54) is 0 Å². The minimum absolute atomic E-state index is 2.00. The van der Waals surface area contributed by atoms with E-state index in [0.29, 0.717) is 0 Å². The average molecular weight is 1720 g/mol. The van der Waals surface area contributed by atoms with Crippen molar-refractivity contribution in [2.75, 3.05) is 0 Å². The molecule has 0 aliphatic carbocycles. The average Bonchev–Trinajstić information content (AvgIpc) is 1.05. The van der Waals surface area contributed by atoms with Crippen LogP contribution in [0, 0.1) is 0 Å². The fourth-order valence-electron chi connectivity index (χ4n) is 5.82. The summed E-state index contributed by atoms with van der Waals surface area (Å²) in [6.45, 7) is 0. The lowest BCUT2D eigenvalue weighted by atomic mass is 10.5. The maximum absolute atomic E-state index is 10.1. The zero-order chi connectivity index (χ0) is 88.4. The lowest BCUT2D eigenvalue weighted by Gasteiger charge is -2.15. The number of hydrogen-bond acceptors (Lipinski definition) is 18. The topological polar surface area (TPSA) is 426 Å². The monoisotopic (exact) mass is 1720 g/mol. The number of aryl methyl sites for hydroxylation is 12. The first kappa shape index (κ1) is 115. The normalized spacial score (nSPS) is 9.53. The van der Waals surface area contributed by atoms with Gasteiger partial charge in [0.25, 0.3) is 0 Å². The van der Waals surface area contributed by atoms with E-state index in [9.17, 15) is 25.2 Å².